The van der Waals surface area contributed by atoms with Crippen LogP contribution >= 0.6 is 23.2 Å². The fourth-order valence-corrected chi connectivity index (χ4v) is 1.53. The molecule has 0 bridgehead atoms. The van der Waals surface area contributed by atoms with Crippen molar-refractivity contribution < 1.29 is 10.0 Å². The van der Waals surface area contributed by atoms with E-state index in [1.807, 2.05) is 0 Å². The third kappa shape index (κ3) is 3.18. The molecule has 5 heteroatoms. The summed E-state index contributed by atoms with van der Waals surface area (Å²) in [4.78, 5) is 10.7. The lowest BCUT2D eigenvalue weighted by atomic mass is 10.1. The molecular weight excluding hydrogens is 225 g/mol. The van der Waals surface area contributed by atoms with Gasteiger partial charge in [0.15, 0.2) is 0 Å². The highest BCUT2D eigenvalue weighted by Crippen LogP contribution is 2.21. The summed E-state index contributed by atoms with van der Waals surface area (Å²) in [5.74, 6) is -0.434. The van der Waals surface area contributed by atoms with Gasteiger partial charge in [-0.3, -0.25) is 10.0 Å². The summed E-state index contributed by atoms with van der Waals surface area (Å²) in [6.45, 7) is 0. The normalized spacial score (nSPS) is 9.93. The number of rotatable bonds is 3. The molecule has 0 heterocycles. The molecule has 2 N–H and O–H groups in total. The summed E-state index contributed by atoms with van der Waals surface area (Å²) < 4.78 is 0. The maximum Gasteiger partial charge on any atom is 0.243 e. The molecule has 0 unspecified atom stereocenters. The lowest BCUT2D eigenvalue weighted by Crippen LogP contribution is -2.18. The highest BCUT2D eigenvalue weighted by molar-refractivity contribution is 6.35. The van der Waals surface area contributed by atoms with Crippen molar-refractivity contribution in [1.29, 1.82) is 0 Å². The van der Waals surface area contributed by atoms with Crippen molar-refractivity contribution in [2.24, 2.45) is 0 Å². The molecule has 0 aliphatic heterocycles. The van der Waals surface area contributed by atoms with Crippen LogP contribution in [0.4, 0.5) is 0 Å². The van der Waals surface area contributed by atoms with Gasteiger partial charge in [-0.2, -0.15) is 0 Å². The molecule has 1 aromatic carbocycles. The predicted molar refractivity (Wildman–Crippen MR) is 54.7 cm³/mol. The average molecular weight is 234 g/mol. The van der Waals surface area contributed by atoms with E-state index in [9.17, 15) is 4.79 Å². The average Bonchev–Trinajstić information content (AvgIpc) is 2.16. The van der Waals surface area contributed by atoms with Gasteiger partial charge in [0.05, 0.1) is 0 Å². The lowest BCUT2D eigenvalue weighted by Gasteiger charge is -2.03. The van der Waals surface area contributed by atoms with Crippen molar-refractivity contribution in [3.8, 4) is 0 Å². The third-order valence-electron chi connectivity index (χ3n) is 1.76. The Kier molecular flexibility index (Phi) is 4.20. The first-order valence-corrected chi connectivity index (χ1v) is 4.76. The molecule has 0 aliphatic rings. The van der Waals surface area contributed by atoms with Crippen LogP contribution in [0.1, 0.15) is 12.0 Å². The minimum Gasteiger partial charge on any atom is -0.289 e. The lowest BCUT2D eigenvalue weighted by molar-refractivity contribution is -0.129. The standard InChI is InChI=1S/C9H9Cl2NO2/c10-7-3-1-6(8(11)5-7)2-4-9(13)12-14/h1,3,5,14H,2,4H2,(H,12,13). The van der Waals surface area contributed by atoms with Crippen LogP contribution in [-0.2, 0) is 11.2 Å². The molecule has 0 saturated heterocycles. The van der Waals surface area contributed by atoms with E-state index in [1.165, 1.54) is 0 Å². The van der Waals surface area contributed by atoms with Gasteiger partial charge in [0.1, 0.15) is 0 Å². The van der Waals surface area contributed by atoms with E-state index in [0.717, 1.165) is 5.56 Å². The van der Waals surface area contributed by atoms with Crippen LogP contribution in [0.15, 0.2) is 18.2 Å². The van der Waals surface area contributed by atoms with Crippen molar-refractivity contribution in [2.75, 3.05) is 0 Å². The molecule has 0 saturated carbocycles. The van der Waals surface area contributed by atoms with E-state index in [2.05, 4.69) is 0 Å². The number of amides is 1. The van der Waals surface area contributed by atoms with Crippen LogP contribution in [0.2, 0.25) is 10.0 Å². The smallest absolute Gasteiger partial charge is 0.243 e. The summed E-state index contributed by atoms with van der Waals surface area (Å²) in [6, 6.07) is 5.09. The molecule has 1 amide bonds. The number of hydroxylamine groups is 1. The van der Waals surface area contributed by atoms with Crippen LogP contribution in [0.3, 0.4) is 0 Å². The van der Waals surface area contributed by atoms with E-state index in [1.54, 1.807) is 23.7 Å². The van der Waals surface area contributed by atoms with Crippen molar-refractivity contribution in [3.05, 3.63) is 33.8 Å². The van der Waals surface area contributed by atoms with Crippen molar-refractivity contribution in [1.82, 2.24) is 5.48 Å². The summed E-state index contributed by atoms with van der Waals surface area (Å²) in [5.41, 5.74) is 2.39. The molecular formula is C9H9Cl2NO2. The van der Waals surface area contributed by atoms with Gasteiger partial charge >= 0.3 is 0 Å². The fraction of sp³-hybridized carbons (Fsp3) is 0.222. The largest absolute Gasteiger partial charge is 0.289 e. The van der Waals surface area contributed by atoms with E-state index < -0.39 is 5.91 Å². The SMILES string of the molecule is O=C(CCc1ccc(Cl)cc1Cl)NO. The summed E-state index contributed by atoms with van der Waals surface area (Å²) in [6.07, 6.45) is 0.667. The van der Waals surface area contributed by atoms with E-state index >= 15 is 0 Å². The van der Waals surface area contributed by atoms with Crippen LogP contribution in [0.25, 0.3) is 0 Å². The molecule has 0 aliphatic carbocycles. The molecule has 0 spiro atoms. The molecule has 14 heavy (non-hydrogen) atoms. The number of halogens is 2. The number of hydrogen-bond donors (Lipinski definition) is 2. The maximum atomic E-state index is 10.7. The Balaban J connectivity index is 2.63. The Bertz CT molecular complexity index is 342. The van der Waals surface area contributed by atoms with Gasteiger partial charge in [-0.05, 0) is 24.1 Å². The Labute approximate surface area is 91.6 Å². The molecule has 0 atom stereocenters. The molecule has 0 fully saturated rings. The molecule has 1 aromatic rings. The summed E-state index contributed by atoms with van der Waals surface area (Å²) >= 11 is 11.6. The quantitative estimate of drug-likeness (QED) is 0.623. The number of hydrogen-bond acceptors (Lipinski definition) is 2. The monoisotopic (exact) mass is 233 g/mol. The second-order valence-corrected chi connectivity index (χ2v) is 3.61. The van der Waals surface area contributed by atoms with Gasteiger partial charge < -0.3 is 0 Å². The van der Waals surface area contributed by atoms with E-state index in [4.69, 9.17) is 28.4 Å². The summed E-state index contributed by atoms with van der Waals surface area (Å²) in [7, 11) is 0. The number of carbonyl (C=O) groups excluding carboxylic acids is 1. The summed E-state index contributed by atoms with van der Waals surface area (Å²) in [5, 5.41) is 9.36. The molecule has 1 rings (SSSR count). The minimum atomic E-state index is -0.434. The zero-order valence-corrected chi connectivity index (χ0v) is 8.77. The van der Waals surface area contributed by atoms with Gasteiger partial charge in [0.2, 0.25) is 5.91 Å². The highest BCUT2D eigenvalue weighted by atomic mass is 35.5. The third-order valence-corrected chi connectivity index (χ3v) is 2.35. The fourth-order valence-electron chi connectivity index (χ4n) is 1.03. The number of aryl methyl sites for hydroxylation is 1. The minimum absolute atomic E-state index is 0.192. The van der Waals surface area contributed by atoms with Crippen molar-refractivity contribution >= 4 is 29.1 Å². The first-order chi connectivity index (χ1) is 6.63. The number of nitrogens with one attached hydrogen (secondary N) is 1. The van der Waals surface area contributed by atoms with Crippen LogP contribution in [0, 0.1) is 0 Å². The second kappa shape index (κ2) is 5.20. The van der Waals surface area contributed by atoms with Gasteiger partial charge in [0.25, 0.3) is 0 Å². The molecule has 0 radical (unpaired) electrons. The Morgan fingerprint density at radius 3 is 2.71 bits per heavy atom. The number of carbonyl (C=O) groups is 1. The maximum absolute atomic E-state index is 10.7. The molecule has 3 nitrogen and oxygen atoms in total. The zero-order chi connectivity index (χ0) is 10.6. The van der Waals surface area contributed by atoms with E-state index in [-0.39, 0.29) is 6.42 Å². The number of benzene rings is 1. The van der Waals surface area contributed by atoms with Gasteiger partial charge in [0, 0.05) is 16.5 Å². The molecule has 76 valence electrons. The second-order valence-electron chi connectivity index (χ2n) is 2.77. The highest BCUT2D eigenvalue weighted by Gasteiger charge is 2.04. The van der Waals surface area contributed by atoms with Gasteiger partial charge in [-0.15, -0.1) is 0 Å². The Morgan fingerprint density at radius 2 is 2.14 bits per heavy atom. The predicted octanol–water partition coefficient (Wildman–Crippen LogP) is 2.43. The van der Waals surface area contributed by atoms with E-state index in [0.29, 0.717) is 16.5 Å². The van der Waals surface area contributed by atoms with Gasteiger partial charge in [-0.1, -0.05) is 29.3 Å². The van der Waals surface area contributed by atoms with Crippen LogP contribution < -0.4 is 5.48 Å². The zero-order valence-electron chi connectivity index (χ0n) is 7.26. The topological polar surface area (TPSA) is 49.3 Å². The Hall–Kier alpha value is -0.770. The van der Waals surface area contributed by atoms with Gasteiger partial charge in [-0.25, -0.2) is 5.48 Å². The molecule has 0 aromatic heterocycles. The van der Waals surface area contributed by atoms with Crippen LogP contribution in [0.5, 0.6) is 0 Å². The Morgan fingerprint density at radius 1 is 1.43 bits per heavy atom. The first-order valence-electron chi connectivity index (χ1n) is 4.00. The van der Waals surface area contributed by atoms with Crippen molar-refractivity contribution in [3.63, 3.8) is 0 Å². The first kappa shape index (κ1) is 11.3. The van der Waals surface area contributed by atoms with Crippen LogP contribution in [-0.4, -0.2) is 11.1 Å². The van der Waals surface area contributed by atoms with Crippen molar-refractivity contribution in [2.45, 2.75) is 12.8 Å².